The highest BCUT2D eigenvalue weighted by Crippen LogP contribution is 2.27. The molecule has 3 heteroatoms. The van der Waals surface area contributed by atoms with E-state index < -0.39 is 0 Å². The largest absolute Gasteiger partial charge is 0.319 e. The smallest absolute Gasteiger partial charge is 0.0397 e. The molecule has 2 atom stereocenters. The fraction of sp³-hybridized carbons (Fsp3) is 0.615. The summed E-state index contributed by atoms with van der Waals surface area (Å²) < 4.78 is 0. The van der Waals surface area contributed by atoms with E-state index in [1.54, 1.807) is 0 Å². The number of rotatable bonds is 6. The summed E-state index contributed by atoms with van der Waals surface area (Å²) in [4.78, 5) is 6.50. The minimum absolute atomic E-state index is 0.436. The topological polar surface area (TPSA) is 28.2 Å². The number of nitrogens with zero attached hydrogens (tertiary/aromatic N) is 2. The molecule has 0 spiro atoms. The van der Waals surface area contributed by atoms with Gasteiger partial charge in [0.2, 0.25) is 0 Å². The third-order valence-electron chi connectivity index (χ3n) is 3.02. The van der Waals surface area contributed by atoms with E-state index >= 15 is 0 Å². The lowest BCUT2D eigenvalue weighted by atomic mass is 9.91. The second-order valence-corrected chi connectivity index (χ2v) is 4.42. The van der Waals surface area contributed by atoms with Crippen LogP contribution >= 0.6 is 0 Å². The van der Waals surface area contributed by atoms with Crippen molar-refractivity contribution in [3.8, 4) is 0 Å². The lowest BCUT2D eigenvalue weighted by molar-refractivity contribution is 0.204. The Hall–Kier alpha value is -0.930. The highest BCUT2D eigenvalue weighted by molar-refractivity contribution is 5.15. The molecule has 2 unspecified atom stereocenters. The molecule has 3 nitrogen and oxygen atoms in total. The molecular weight excluding hydrogens is 198 g/mol. The Labute approximate surface area is 98.9 Å². The van der Waals surface area contributed by atoms with Gasteiger partial charge in [0.1, 0.15) is 0 Å². The fourth-order valence-corrected chi connectivity index (χ4v) is 2.28. The number of hydrogen-bond acceptors (Lipinski definition) is 3. The third kappa shape index (κ3) is 3.29. The molecule has 0 aliphatic rings. The average molecular weight is 221 g/mol. The standard InChI is InChI=1S/C13H23N3/c1-5-11(9-14-2)13(16(3)4)12-7-6-8-15-10-12/h6-8,10-11,13-14H,5,9H2,1-4H3. The van der Waals surface area contributed by atoms with Crippen molar-refractivity contribution in [3.63, 3.8) is 0 Å². The van der Waals surface area contributed by atoms with Gasteiger partial charge in [0, 0.05) is 18.4 Å². The molecule has 0 aliphatic heterocycles. The Morgan fingerprint density at radius 3 is 2.62 bits per heavy atom. The molecule has 90 valence electrons. The van der Waals surface area contributed by atoms with Crippen LogP contribution in [0.2, 0.25) is 0 Å². The lowest BCUT2D eigenvalue weighted by Crippen LogP contribution is -2.33. The minimum atomic E-state index is 0.436. The number of hydrogen-bond donors (Lipinski definition) is 1. The molecule has 0 bridgehead atoms. The van der Waals surface area contributed by atoms with E-state index in [0.29, 0.717) is 12.0 Å². The molecule has 0 saturated heterocycles. The van der Waals surface area contributed by atoms with Gasteiger partial charge in [-0.2, -0.15) is 0 Å². The molecule has 0 aliphatic carbocycles. The second kappa shape index (κ2) is 6.61. The van der Waals surface area contributed by atoms with Crippen LogP contribution in [0.15, 0.2) is 24.5 Å². The van der Waals surface area contributed by atoms with Crippen LogP contribution in [0.25, 0.3) is 0 Å². The van der Waals surface area contributed by atoms with E-state index in [1.165, 1.54) is 12.0 Å². The molecule has 0 aromatic carbocycles. The van der Waals surface area contributed by atoms with Gasteiger partial charge >= 0.3 is 0 Å². The normalized spacial score (nSPS) is 15.1. The molecule has 1 N–H and O–H groups in total. The molecule has 0 fully saturated rings. The van der Waals surface area contributed by atoms with Gasteiger partial charge in [0.25, 0.3) is 0 Å². The first-order chi connectivity index (χ1) is 7.70. The highest BCUT2D eigenvalue weighted by atomic mass is 15.1. The Kier molecular flexibility index (Phi) is 5.43. The molecular formula is C13H23N3. The summed E-state index contributed by atoms with van der Waals surface area (Å²) in [6, 6.07) is 4.61. The van der Waals surface area contributed by atoms with Crippen molar-refractivity contribution in [2.24, 2.45) is 5.92 Å². The summed E-state index contributed by atoms with van der Waals surface area (Å²) in [5.41, 5.74) is 1.30. The second-order valence-electron chi connectivity index (χ2n) is 4.42. The van der Waals surface area contributed by atoms with Crippen molar-refractivity contribution < 1.29 is 0 Å². The Balaban J connectivity index is 2.90. The molecule has 16 heavy (non-hydrogen) atoms. The summed E-state index contributed by atoms with van der Waals surface area (Å²) in [5.74, 6) is 0.615. The molecule has 0 amide bonds. The fourth-order valence-electron chi connectivity index (χ4n) is 2.28. The van der Waals surface area contributed by atoms with E-state index in [-0.39, 0.29) is 0 Å². The maximum atomic E-state index is 4.22. The van der Waals surface area contributed by atoms with E-state index in [9.17, 15) is 0 Å². The Bertz CT molecular complexity index is 284. The van der Waals surface area contributed by atoms with Crippen molar-refractivity contribution in [3.05, 3.63) is 30.1 Å². The van der Waals surface area contributed by atoms with Gasteiger partial charge in [-0.05, 0) is 45.2 Å². The first-order valence-corrected chi connectivity index (χ1v) is 5.91. The summed E-state index contributed by atoms with van der Waals surface area (Å²) in [7, 11) is 6.28. The van der Waals surface area contributed by atoms with Gasteiger partial charge in [-0.3, -0.25) is 4.98 Å². The predicted octanol–water partition coefficient (Wildman–Crippen LogP) is 1.93. The number of pyridine rings is 1. The molecule has 1 heterocycles. The van der Waals surface area contributed by atoms with Gasteiger partial charge < -0.3 is 10.2 Å². The number of nitrogens with one attached hydrogen (secondary N) is 1. The van der Waals surface area contributed by atoms with Crippen molar-refractivity contribution in [1.29, 1.82) is 0 Å². The van der Waals surface area contributed by atoms with Gasteiger partial charge in [-0.15, -0.1) is 0 Å². The van der Waals surface area contributed by atoms with Crippen LogP contribution in [0.1, 0.15) is 24.9 Å². The molecule has 1 rings (SSSR count). The van der Waals surface area contributed by atoms with Crippen LogP contribution in [-0.2, 0) is 0 Å². The third-order valence-corrected chi connectivity index (χ3v) is 3.02. The lowest BCUT2D eigenvalue weighted by Gasteiger charge is -2.32. The van der Waals surface area contributed by atoms with Gasteiger partial charge in [-0.25, -0.2) is 0 Å². The zero-order valence-corrected chi connectivity index (χ0v) is 10.8. The Morgan fingerprint density at radius 2 is 2.19 bits per heavy atom. The average Bonchev–Trinajstić information content (AvgIpc) is 2.29. The zero-order chi connectivity index (χ0) is 12.0. The first kappa shape index (κ1) is 13.1. The first-order valence-electron chi connectivity index (χ1n) is 5.91. The maximum Gasteiger partial charge on any atom is 0.0397 e. The van der Waals surface area contributed by atoms with E-state index in [2.05, 4.69) is 42.3 Å². The van der Waals surface area contributed by atoms with Crippen LogP contribution in [0.3, 0.4) is 0 Å². The molecule has 1 aromatic heterocycles. The van der Waals surface area contributed by atoms with E-state index in [1.807, 2.05) is 25.5 Å². The summed E-state index contributed by atoms with van der Waals surface area (Å²) in [6.07, 6.45) is 4.97. The summed E-state index contributed by atoms with van der Waals surface area (Å²) in [6.45, 7) is 3.28. The molecule has 0 saturated carbocycles. The van der Waals surface area contributed by atoms with Crippen LogP contribution in [0, 0.1) is 5.92 Å². The van der Waals surface area contributed by atoms with Gasteiger partial charge in [0.05, 0.1) is 0 Å². The SMILES string of the molecule is CCC(CNC)C(c1cccnc1)N(C)C. The van der Waals surface area contributed by atoms with Crippen molar-refractivity contribution in [2.45, 2.75) is 19.4 Å². The summed E-state index contributed by atoms with van der Waals surface area (Å²) >= 11 is 0. The van der Waals surface area contributed by atoms with E-state index in [0.717, 1.165) is 6.54 Å². The van der Waals surface area contributed by atoms with Crippen LogP contribution < -0.4 is 5.32 Å². The van der Waals surface area contributed by atoms with Crippen LogP contribution in [0.5, 0.6) is 0 Å². The maximum absolute atomic E-state index is 4.22. The van der Waals surface area contributed by atoms with Crippen LogP contribution in [-0.4, -0.2) is 37.6 Å². The highest BCUT2D eigenvalue weighted by Gasteiger charge is 2.23. The molecule has 1 aromatic rings. The Morgan fingerprint density at radius 1 is 1.44 bits per heavy atom. The predicted molar refractivity (Wildman–Crippen MR) is 68.4 cm³/mol. The number of aromatic nitrogens is 1. The monoisotopic (exact) mass is 221 g/mol. The summed E-state index contributed by atoms with van der Waals surface area (Å²) in [5, 5.41) is 3.28. The molecule has 0 radical (unpaired) electrons. The minimum Gasteiger partial charge on any atom is -0.319 e. The van der Waals surface area contributed by atoms with Crippen molar-refractivity contribution in [1.82, 2.24) is 15.2 Å². The van der Waals surface area contributed by atoms with E-state index in [4.69, 9.17) is 0 Å². The van der Waals surface area contributed by atoms with Gasteiger partial charge in [-0.1, -0.05) is 19.4 Å². The van der Waals surface area contributed by atoms with Gasteiger partial charge in [0.15, 0.2) is 0 Å². The van der Waals surface area contributed by atoms with Crippen LogP contribution in [0.4, 0.5) is 0 Å². The zero-order valence-electron chi connectivity index (χ0n) is 10.8. The van der Waals surface area contributed by atoms with Crippen molar-refractivity contribution >= 4 is 0 Å². The quantitative estimate of drug-likeness (QED) is 0.795. The van der Waals surface area contributed by atoms with Crippen molar-refractivity contribution in [2.75, 3.05) is 27.7 Å².